The third kappa shape index (κ3) is 4.31. The van der Waals surface area contributed by atoms with Crippen molar-refractivity contribution in [2.75, 3.05) is 6.61 Å². The molecule has 0 bridgehead atoms. The Balaban J connectivity index is 2.82. The first-order valence-electron chi connectivity index (χ1n) is 5.48. The molecule has 3 N–H and O–H groups in total. The number of nitro groups is 1. The Kier molecular flexibility index (Phi) is 6.15. The smallest absolute Gasteiger partial charge is 0.269 e. The number of hydrogen-bond acceptors (Lipinski definition) is 5. The summed E-state index contributed by atoms with van der Waals surface area (Å²) in [6.45, 7) is -0.551. The normalized spacial score (nSPS) is 13.8. The van der Waals surface area contributed by atoms with Gasteiger partial charge in [0.05, 0.1) is 17.6 Å². The molecular weight excluding hydrogens is 311 g/mol. The molecule has 0 aliphatic rings. The van der Waals surface area contributed by atoms with Crippen LogP contribution < -0.4 is 5.32 Å². The largest absolute Gasteiger partial charge is 0.394 e. The van der Waals surface area contributed by atoms with Gasteiger partial charge in [0, 0.05) is 12.1 Å². The van der Waals surface area contributed by atoms with Crippen LogP contribution in [0.4, 0.5) is 5.69 Å². The number of halogens is 2. The van der Waals surface area contributed by atoms with Gasteiger partial charge in [-0.25, -0.2) is 0 Å². The van der Waals surface area contributed by atoms with E-state index in [0.29, 0.717) is 5.56 Å². The number of amides is 1. The molecule has 0 spiro atoms. The first kappa shape index (κ1) is 16.6. The number of hydrogen-bond donors (Lipinski definition) is 3. The molecule has 9 heteroatoms. The second-order valence-electron chi connectivity index (χ2n) is 3.89. The number of nitrogens with zero attached hydrogens (tertiary/aromatic N) is 1. The number of carbonyl (C=O) groups is 1. The second kappa shape index (κ2) is 7.39. The van der Waals surface area contributed by atoms with E-state index >= 15 is 0 Å². The minimum absolute atomic E-state index is 0.132. The van der Waals surface area contributed by atoms with E-state index in [1.807, 2.05) is 0 Å². The molecule has 0 saturated carbocycles. The summed E-state index contributed by atoms with van der Waals surface area (Å²) >= 11 is 10.7. The topological polar surface area (TPSA) is 113 Å². The molecule has 1 aromatic carbocycles. The van der Waals surface area contributed by atoms with E-state index in [1.165, 1.54) is 24.3 Å². The maximum atomic E-state index is 11.3. The number of carbonyl (C=O) groups excluding carboxylic acids is 1. The minimum Gasteiger partial charge on any atom is -0.394 e. The average Bonchev–Trinajstić information content (AvgIpc) is 2.43. The first-order chi connectivity index (χ1) is 9.36. The van der Waals surface area contributed by atoms with Gasteiger partial charge in [-0.05, 0) is 17.7 Å². The van der Waals surface area contributed by atoms with Crippen LogP contribution in [0, 0.1) is 10.1 Å². The van der Waals surface area contributed by atoms with Crippen molar-refractivity contribution in [3.05, 3.63) is 39.9 Å². The van der Waals surface area contributed by atoms with Gasteiger partial charge in [0.25, 0.3) is 11.6 Å². The fourth-order valence-electron chi connectivity index (χ4n) is 1.50. The number of rotatable bonds is 6. The van der Waals surface area contributed by atoms with E-state index in [0.717, 1.165) is 0 Å². The van der Waals surface area contributed by atoms with Crippen molar-refractivity contribution in [3.8, 4) is 0 Å². The Labute approximate surface area is 124 Å². The zero-order valence-corrected chi connectivity index (χ0v) is 11.6. The van der Waals surface area contributed by atoms with Crippen LogP contribution in [-0.2, 0) is 4.79 Å². The van der Waals surface area contributed by atoms with Crippen LogP contribution >= 0.6 is 23.2 Å². The van der Waals surface area contributed by atoms with Crippen molar-refractivity contribution >= 4 is 34.8 Å². The number of alkyl halides is 2. The van der Waals surface area contributed by atoms with Gasteiger partial charge in [0.15, 0.2) is 4.84 Å². The van der Waals surface area contributed by atoms with E-state index in [2.05, 4.69) is 5.32 Å². The lowest BCUT2D eigenvalue weighted by Crippen LogP contribution is -2.44. The zero-order chi connectivity index (χ0) is 15.3. The fraction of sp³-hybridized carbons (Fsp3) is 0.364. The monoisotopic (exact) mass is 322 g/mol. The highest BCUT2D eigenvalue weighted by Crippen LogP contribution is 2.20. The van der Waals surface area contributed by atoms with Crippen LogP contribution in [0.5, 0.6) is 0 Å². The molecule has 110 valence electrons. The number of benzene rings is 1. The van der Waals surface area contributed by atoms with Gasteiger partial charge in [-0.15, -0.1) is 0 Å². The molecule has 1 aromatic rings. The third-order valence-corrected chi connectivity index (χ3v) is 2.95. The molecule has 0 unspecified atom stereocenters. The molecular formula is C11H12Cl2N2O5. The van der Waals surface area contributed by atoms with Gasteiger partial charge in [0.1, 0.15) is 6.10 Å². The van der Waals surface area contributed by atoms with Gasteiger partial charge in [0.2, 0.25) is 0 Å². The predicted octanol–water partition coefficient (Wildman–Crippen LogP) is 0.909. The van der Waals surface area contributed by atoms with Gasteiger partial charge in [-0.1, -0.05) is 23.2 Å². The van der Waals surface area contributed by atoms with Crippen LogP contribution in [0.2, 0.25) is 0 Å². The summed E-state index contributed by atoms with van der Waals surface area (Å²) in [5, 5.41) is 31.9. The molecule has 0 heterocycles. The van der Waals surface area contributed by atoms with Crippen LogP contribution in [0.1, 0.15) is 11.7 Å². The van der Waals surface area contributed by atoms with E-state index in [9.17, 15) is 20.0 Å². The molecule has 1 amide bonds. The standard InChI is InChI=1S/C11H12Cl2N2O5/c12-10(13)11(18)14-8(5-16)9(17)6-1-3-7(4-2-6)15(19)20/h1-4,8-10,16-17H,5H2,(H,14,18)/t8-,9+/m0/s1. The predicted molar refractivity (Wildman–Crippen MR) is 72.6 cm³/mol. The molecule has 7 nitrogen and oxygen atoms in total. The maximum Gasteiger partial charge on any atom is 0.269 e. The summed E-state index contributed by atoms with van der Waals surface area (Å²) < 4.78 is 0. The number of aliphatic hydroxyl groups is 2. The summed E-state index contributed by atoms with van der Waals surface area (Å²) in [4.78, 5) is 19.9. The maximum absolute atomic E-state index is 11.3. The van der Waals surface area contributed by atoms with Crippen molar-refractivity contribution in [1.82, 2.24) is 5.32 Å². The number of nitro benzene ring substituents is 1. The van der Waals surface area contributed by atoms with Crippen molar-refractivity contribution in [3.63, 3.8) is 0 Å². The average molecular weight is 323 g/mol. The highest BCUT2D eigenvalue weighted by Gasteiger charge is 2.24. The molecule has 0 fully saturated rings. The van der Waals surface area contributed by atoms with E-state index in [-0.39, 0.29) is 5.69 Å². The zero-order valence-electron chi connectivity index (χ0n) is 10.1. The summed E-state index contributed by atoms with van der Waals surface area (Å²) in [5.74, 6) is -0.756. The quantitative estimate of drug-likeness (QED) is 0.409. The lowest BCUT2D eigenvalue weighted by Gasteiger charge is -2.22. The second-order valence-corrected chi connectivity index (χ2v) is 4.99. The van der Waals surface area contributed by atoms with E-state index in [4.69, 9.17) is 28.3 Å². The Bertz CT molecular complexity index is 480. The Hall–Kier alpha value is -1.41. The van der Waals surface area contributed by atoms with Crippen LogP contribution in [-0.4, -0.2) is 38.5 Å². The molecule has 0 saturated heterocycles. The summed E-state index contributed by atoms with van der Waals surface area (Å²) in [5.41, 5.74) is 0.169. The third-order valence-electron chi connectivity index (χ3n) is 2.55. The van der Waals surface area contributed by atoms with E-state index < -0.39 is 34.4 Å². The van der Waals surface area contributed by atoms with E-state index in [1.54, 1.807) is 0 Å². The van der Waals surface area contributed by atoms with Crippen LogP contribution in [0.25, 0.3) is 0 Å². The lowest BCUT2D eigenvalue weighted by molar-refractivity contribution is -0.384. The summed E-state index contributed by atoms with van der Waals surface area (Å²) in [7, 11) is 0. The molecule has 0 radical (unpaired) electrons. The number of aliphatic hydroxyl groups excluding tert-OH is 2. The highest BCUT2D eigenvalue weighted by molar-refractivity contribution is 6.53. The van der Waals surface area contributed by atoms with Crippen LogP contribution in [0.15, 0.2) is 24.3 Å². The first-order valence-corrected chi connectivity index (χ1v) is 6.36. The number of non-ortho nitro benzene ring substituents is 1. The number of nitrogens with one attached hydrogen (secondary N) is 1. The minimum atomic E-state index is -1.33. The van der Waals surface area contributed by atoms with Crippen LogP contribution in [0.3, 0.4) is 0 Å². The summed E-state index contributed by atoms with van der Waals surface area (Å²) in [6, 6.07) is 4.05. The van der Waals surface area contributed by atoms with Gasteiger partial charge in [-0.3, -0.25) is 14.9 Å². The van der Waals surface area contributed by atoms with Crippen molar-refractivity contribution in [2.24, 2.45) is 0 Å². The molecule has 2 atom stereocenters. The highest BCUT2D eigenvalue weighted by atomic mass is 35.5. The van der Waals surface area contributed by atoms with Crippen molar-refractivity contribution in [2.45, 2.75) is 17.0 Å². The van der Waals surface area contributed by atoms with Crippen molar-refractivity contribution in [1.29, 1.82) is 0 Å². The Morgan fingerprint density at radius 3 is 2.30 bits per heavy atom. The lowest BCUT2D eigenvalue weighted by atomic mass is 10.0. The molecule has 20 heavy (non-hydrogen) atoms. The van der Waals surface area contributed by atoms with Crippen molar-refractivity contribution < 1.29 is 19.9 Å². The van der Waals surface area contributed by atoms with Gasteiger partial charge >= 0.3 is 0 Å². The molecule has 1 rings (SSSR count). The van der Waals surface area contributed by atoms with Gasteiger partial charge < -0.3 is 15.5 Å². The molecule has 0 aromatic heterocycles. The molecule has 0 aliphatic heterocycles. The molecule has 0 aliphatic carbocycles. The van der Waals surface area contributed by atoms with Gasteiger partial charge in [-0.2, -0.15) is 0 Å². The summed E-state index contributed by atoms with van der Waals surface area (Å²) in [6.07, 6.45) is -1.25. The SMILES string of the molecule is O=C(N[C@@H](CO)[C@H](O)c1ccc([N+](=O)[O-])cc1)C(Cl)Cl. The fourth-order valence-corrected chi connectivity index (χ4v) is 1.62. The Morgan fingerprint density at radius 2 is 1.90 bits per heavy atom. The Morgan fingerprint density at radius 1 is 1.35 bits per heavy atom.